The Bertz CT molecular complexity index is 731. The van der Waals surface area contributed by atoms with Gasteiger partial charge in [0, 0.05) is 18.0 Å². The maximum atomic E-state index is 14.3. The Morgan fingerprint density at radius 2 is 1.96 bits per heavy atom. The summed E-state index contributed by atoms with van der Waals surface area (Å²) >= 11 is 0. The minimum atomic E-state index is -1.37. The van der Waals surface area contributed by atoms with E-state index in [-0.39, 0.29) is 17.7 Å². The summed E-state index contributed by atoms with van der Waals surface area (Å²) in [6.45, 7) is 3.18. The topological polar surface area (TPSA) is 99.0 Å². The molecule has 1 aliphatic rings. The average molecular weight is 365 g/mol. The van der Waals surface area contributed by atoms with Crippen molar-refractivity contribution in [2.24, 2.45) is 5.92 Å². The van der Waals surface area contributed by atoms with Gasteiger partial charge in [0.05, 0.1) is 18.8 Å². The van der Waals surface area contributed by atoms with Crippen molar-refractivity contribution < 1.29 is 29.2 Å². The number of amides is 1. The fraction of sp³-hybridized carbons (Fsp3) is 0.421. The van der Waals surface area contributed by atoms with Crippen LogP contribution in [0.1, 0.15) is 36.2 Å². The second kappa shape index (κ2) is 8.33. The van der Waals surface area contributed by atoms with Gasteiger partial charge in [-0.2, -0.15) is 0 Å². The normalized spacial score (nSPS) is 30.5. The van der Waals surface area contributed by atoms with Crippen LogP contribution in [0.4, 0.5) is 4.39 Å². The molecule has 0 saturated carbocycles. The van der Waals surface area contributed by atoms with Crippen LogP contribution in [0, 0.1) is 5.92 Å². The number of hydrogen-bond acceptors (Lipinski definition) is 5. The third-order valence-electron chi connectivity index (χ3n) is 4.53. The van der Waals surface area contributed by atoms with Crippen LogP contribution in [-0.2, 0) is 0 Å². The highest BCUT2D eigenvalue weighted by atomic mass is 19.1. The molecule has 0 spiro atoms. The average Bonchev–Trinajstić information content (AvgIpc) is 2.59. The van der Waals surface area contributed by atoms with Crippen LogP contribution in [0.5, 0.6) is 11.5 Å². The molecule has 26 heavy (non-hydrogen) atoms. The first-order valence-corrected chi connectivity index (χ1v) is 8.36. The Balaban J connectivity index is 2.52. The number of aliphatic hydroxyl groups excluding tert-OH is 2. The van der Waals surface area contributed by atoms with Gasteiger partial charge < -0.3 is 25.4 Å². The van der Waals surface area contributed by atoms with Crippen molar-refractivity contribution in [3.63, 3.8) is 0 Å². The van der Waals surface area contributed by atoms with E-state index in [0.29, 0.717) is 11.3 Å². The number of aliphatic hydroxyl groups is 2. The SMILES string of the molecule is COc1cc(O)c2c(c1)/C=C/C[C@H](O)[C@H](O)/C=C(\F)[C@@H](C)[C@H](C)NC2=O. The molecule has 0 unspecified atom stereocenters. The van der Waals surface area contributed by atoms with E-state index in [4.69, 9.17) is 4.74 Å². The highest BCUT2D eigenvalue weighted by Crippen LogP contribution is 2.30. The number of carbonyl (C=O) groups is 1. The molecule has 0 fully saturated rings. The smallest absolute Gasteiger partial charge is 0.255 e. The lowest BCUT2D eigenvalue weighted by atomic mass is 9.99. The minimum absolute atomic E-state index is 0.0276. The highest BCUT2D eigenvalue weighted by molar-refractivity contribution is 6.00. The van der Waals surface area contributed by atoms with Crippen molar-refractivity contribution in [3.05, 3.63) is 41.2 Å². The lowest BCUT2D eigenvalue weighted by molar-refractivity contribution is 0.0494. The van der Waals surface area contributed by atoms with Crippen LogP contribution < -0.4 is 10.1 Å². The minimum Gasteiger partial charge on any atom is -0.507 e. The summed E-state index contributed by atoms with van der Waals surface area (Å²) in [5, 5.41) is 32.8. The third kappa shape index (κ3) is 4.42. The van der Waals surface area contributed by atoms with E-state index in [1.54, 1.807) is 26.0 Å². The molecular formula is C19H24FNO5. The van der Waals surface area contributed by atoms with E-state index >= 15 is 0 Å². The molecular weight excluding hydrogens is 341 g/mol. The zero-order valence-corrected chi connectivity index (χ0v) is 14.9. The Morgan fingerprint density at radius 1 is 1.27 bits per heavy atom. The predicted octanol–water partition coefficient (Wildman–Crippen LogP) is 2.15. The van der Waals surface area contributed by atoms with Crippen LogP contribution in [0.25, 0.3) is 6.08 Å². The van der Waals surface area contributed by atoms with E-state index in [0.717, 1.165) is 6.08 Å². The van der Waals surface area contributed by atoms with Crippen molar-refractivity contribution in [1.82, 2.24) is 5.32 Å². The van der Waals surface area contributed by atoms with Crippen molar-refractivity contribution in [3.8, 4) is 11.5 Å². The fourth-order valence-electron chi connectivity index (χ4n) is 2.66. The maximum absolute atomic E-state index is 14.3. The lowest BCUT2D eigenvalue weighted by Gasteiger charge is -2.22. The Morgan fingerprint density at radius 3 is 2.62 bits per heavy atom. The summed E-state index contributed by atoms with van der Waals surface area (Å²) in [6, 6.07) is 2.28. The molecule has 1 amide bonds. The molecule has 142 valence electrons. The van der Waals surface area contributed by atoms with E-state index in [1.807, 2.05) is 0 Å². The van der Waals surface area contributed by atoms with Crippen molar-refractivity contribution >= 4 is 12.0 Å². The number of aromatic hydroxyl groups is 1. The number of phenols is 1. The maximum Gasteiger partial charge on any atom is 0.255 e. The second-order valence-corrected chi connectivity index (χ2v) is 6.41. The lowest BCUT2D eigenvalue weighted by Crippen LogP contribution is -2.38. The van der Waals surface area contributed by atoms with Gasteiger partial charge in [-0.3, -0.25) is 4.79 Å². The van der Waals surface area contributed by atoms with E-state index < -0.39 is 35.9 Å². The van der Waals surface area contributed by atoms with Gasteiger partial charge in [0.25, 0.3) is 5.91 Å². The van der Waals surface area contributed by atoms with Gasteiger partial charge in [0.1, 0.15) is 23.4 Å². The predicted molar refractivity (Wildman–Crippen MR) is 95.6 cm³/mol. The van der Waals surface area contributed by atoms with Crippen LogP contribution in [0.2, 0.25) is 0 Å². The van der Waals surface area contributed by atoms with E-state index in [2.05, 4.69) is 5.32 Å². The summed E-state index contributed by atoms with van der Waals surface area (Å²) in [5.41, 5.74) is 0.411. The molecule has 1 heterocycles. The van der Waals surface area contributed by atoms with Crippen molar-refractivity contribution in [1.29, 1.82) is 0 Å². The Labute approximate surface area is 151 Å². The first-order chi connectivity index (χ1) is 12.2. The molecule has 0 aliphatic carbocycles. The van der Waals surface area contributed by atoms with Gasteiger partial charge >= 0.3 is 0 Å². The molecule has 0 aromatic heterocycles. The first kappa shape index (κ1) is 19.9. The number of hydrogen-bond donors (Lipinski definition) is 4. The molecule has 0 radical (unpaired) electrons. The molecule has 4 atom stereocenters. The standard InChI is InChI=1S/C19H24FNO5/c1-10-11(2)21-19(25)18-12(7-13(26-3)8-17(18)24)5-4-6-15(22)16(23)9-14(10)20/h4-5,7-11,15-16,22-24H,6H2,1-3H3,(H,21,25)/b5-4+,14-9-/t10-,11-,15-,16+/m0/s1. The van der Waals surface area contributed by atoms with Crippen molar-refractivity contribution in [2.45, 2.75) is 38.5 Å². The summed E-state index contributed by atoms with van der Waals surface area (Å²) in [5.74, 6) is -1.83. The van der Waals surface area contributed by atoms with E-state index in [1.165, 1.54) is 19.3 Å². The van der Waals surface area contributed by atoms with Gasteiger partial charge in [-0.15, -0.1) is 0 Å². The number of fused-ring (bicyclic) bond motifs is 1. The van der Waals surface area contributed by atoms with E-state index in [9.17, 15) is 24.5 Å². The number of phenolic OH excluding ortho intramolecular Hbond substituents is 1. The molecule has 2 rings (SSSR count). The fourth-order valence-corrected chi connectivity index (χ4v) is 2.66. The van der Waals surface area contributed by atoms with Crippen LogP contribution in [0.15, 0.2) is 30.1 Å². The quantitative estimate of drug-likeness (QED) is 0.611. The number of benzene rings is 1. The summed E-state index contributed by atoms with van der Waals surface area (Å²) < 4.78 is 19.4. The van der Waals surface area contributed by atoms with Gasteiger partial charge in [-0.1, -0.05) is 19.1 Å². The summed E-state index contributed by atoms with van der Waals surface area (Å²) in [4.78, 5) is 12.6. The van der Waals surface area contributed by atoms with Gasteiger partial charge in [-0.05, 0) is 31.1 Å². The molecule has 1 aromatic carbocycles. The molecule has 6 nitrogen and oxygen atoms in total. The summed E-state index contributed by atoms with van der Waals surface area (Å²) in [7, 11) is 1.43. The molecule has 1 aliphatic heterocycles. The number of ether oxygens (including phenoxy) is 1. The molecule has 4 N–H and O–H groups in total. The molecule has 0 bridgehead atoms. The number of halogens is 1. The zero-order chi connectivity index (χ0) is 19.4. The van der Waals surface area contributed by atoms with Gasteiger partial charge in [-0.25, -0.2) is 4.39 Å². The van der Waals surface area contributed by atoms with Gasteiger partial charge in [0.15, 0.2) is 0 Å². The van der Waals surface area contributed by atoms with Gasteiger partial charge in [0.2, 0.25) is 0 Å². The van der Waals surface area contributed by atoms with Crippen molar-refractivity contribution in [2.75, 3.05) is 7.11 Å². The second-order valence-electron chi connectivity index (χ2n) is 6.41. The highest BCUT2D eigenvalue weighted by Gasteiger charge is 2.25. The molecule has 7 heteroatoms. The Hall–Kier alpha value is -2.38. The van der Waals surface area contributed by atoms with Crippen LogP contribution in [-0.4, -0.2) is 46.6 Å². The third-order valence-corrected chi connectivity index (χ3v) is 4.53. The number of methoxy groups -OCH3 is 1. The summed E-state index contributed by atoms with van der Waals surface area (Å²) in [6.07, 6.45) is 1.50. The number of carbonyl (C=O) groups excluding carboxylic acids is 1. The number of nitrogens with one attached hydrogen (secondary N) is 1. The zero-order valence-electron chi connectivity index (χ0n) is 14.9. The monoisotopic (exact) mass is 365 g/mol. The van der Waals surface area contributed by atoms with Crippen LogP contribution in [0.3, 0.4) is 0 Å². The number of rotatable bonds is 1. The van der Waals surface area contributed by atoms with Crippen LogP contribution >= 0.6 is 0 Å². The molecule has 1 aromatic rings. The largest absolute Gasteiger partial charge is 0.507 e. The first-order valence-electron chi connectivity index (χ1n) is 8.36. The molecule has 0 saturated heterocycles. The Kier molecular flexibility index (Phi) is 6.39.